The summed E-state index contributed by atoms with van der Waals surface area (Å²) in [6.07, 6.45) is 5.04. The molecule has 1 rings (SSSR count). The van der Waals surface area contributed by atoms with Crippen LogP contribution in [-0.4, -0.2) is 11.6 Å². The molecule has 0 aromatic carbocycles. The van der Waals surface area contributed by atoms with Crippen molar-refractivity contribution in [3.8, 4) is 0 Å². The molecule has 1 heterocycles. The van der Waals surface area contributed by atoms with E-state index in [0.29, 0.717) is 5.76 Å². The van der Waals surface area contributed by atoms with E-state index in [4.69, 9.17) is 4.74 Å². The monoisotopic (exact) mass is 192 g/mol. The molecular formula is C11H12O3. The molecule has 14 heavy (non-hydrogen) atoms. The fourth-order valence-electron chi connectivity index (χ4n) is 1.25. The third-order valence-electron chi connectivity index (χ3n) is 1.86. The molecule has 3 nitrogen and oxygen atoms in total. The van der Waals surface area contributed by atoms with Gasteiger partial charge in [0.2, 0.25) is 5.78 Å². The number of hydrogen-bond acceptors (Lipinski definition) is 3. The summed E-state index contributed by atoms with van der Waals surface area (Å²) in [5.41, 5.74) is 0.153. The molecule has 0 aliphatic carbocycles. The molecule has 0 N–H and O–H groups in total. The van der Waals surface area contributed by atoms with Crippen LogP contribution in [0.2, 0.25) is 0 Å². The second-order valence-electron chi connectivity index (χ2n) is 2.98. The lowest BCUT2D eigenvalue weighted by Gasteiger charge is -1.94. The quantitative estimate of drug-likeness (QED) is 0.495. The topological polar surface area (TPSA) is 43.4 Å². The Balaban J connectivity index is 3.00. The van der Waals surface area contributed by atoms with Crippen molar-refractivity contribution in [1.82, 2.24) is 0 Å². The first-order chi connectivity index (χ1) is 6.57. The van der Waals surface area contributed by atoms with Gasteiger partial charge in [0.1, 0.15) is 11.3 Å². The van der Waals surface area contributed by atoms with Crippen molar-refractivity contribution in [3.05, 3.63) is 35.3 Å². The smallest absolute Gasteiger partial charge is 0.235 e. The largest absolute Gasteiger partial charge is 0.457 e. The highest BCUT2D eigenvalue weighted by Crippen LogP contribution is 2.24. The normalized spacial score (nSPS) is 19.6. The van der Waals surface area contributed by atoms with E-state index in [9.17, 15) is 9.59 Å². The molecule has 0 spiro atoms. The molecule has 74 valence electrons. The van der Waals surface area contributed by atoms with Crippen LogP contribution in [0, 0.1) is 0 Å². The Kier molecular flexibility index (Phi) is 3.02. The highest BCUT2D eigenvalue weighted by Gasteiger charge is 2.30. The summed E-state index contributed by atoms with van der Waals surface area (Å²) in [5, 5.41) is 0. The van der Waals surface area contributed by atoms with E-state index in [1.54, 1.807) is 25.2 Å². The lowest BCUT2D eigenvalue weighted by molar-refractivity contribution is -0.118. The SMILES string of the molecule is C/C=C\C=C1/OC(C)=C(C(C)=O)C1=O. The van der Waals surface area contributed by atoms with E-state index in [2.05, 4.69) is 0 Å². The van der Waals surface area contributed by atoms with Gasteiger partial charge in [0, 0.05) is 0 Å². The highest BCUT2D eigenvalue weighted by atomic mass is 16.5. The number of allylic oxidation sites excluding steroid dienone is 5. The molecule has 0 saturated heterocycles. The van der Waals surface area contributed by atoms with Gasteiger partial charge in [-0.05, 0) is 26.8 Å². The van der Waals surface area contributed by atoms with Crippen LogP contribution in [-0.2, 0) is 14.3 Å². The van der Waals surface area contributed by atoms with Gasteiger partial charge in [-0.3, -0.25) is 9.59 Å². The minimum atomic E-state index is -0.326. The maximum absolute atomic E-state index is 11.6. The van der Waals surface area contributed by atoms with Crippen molar-refractivity contribution in [2.45, 2.75) is 20.8 Å². The van der Waals surface area contributed by atoms with E-state index in [-0.39, 0.29) is 22.9 Å². The van der Waals surface area contributed by atoms with Crippen LogP contribution in [0.1, 0.15) is 20.8 Å². The van der Waals surface area contributed by atoms with Crippen molar-refractivity contribution in [2.24, 2.45) is 0 Å². The summed E-state index contributed by atoms with van der Waals surface area (Å²) >= 11 is 0. The third kappa shape index (κ3) is 1.82. The van der Waals surface area contributed by atoms with Gasteiger partial charge in [-0.1, -0.05) is 12.2 Å². The van der Waals surface area contributed by atoms with E-state index in [0.717, 1.165) is 0 Å². The minimum Gasteiger partial charge on any atom is -0.457 e. The van der Waals surface area contributed by atoms with E-state index in [1.165, 1.54) is 6.92 Å². The maximum Gasteiger partial charge on any atom is 0.235 e. The minimum absolute atomic E-state index is 0.153. The number of Topliss-reactive ketones (excluding diaryl/α,β-unsaturated/α-hetero) is 2. The van der Waals surface area contributed by atoms with Crippen LogP contribution in [0.5, 0.6) is 0 Å². The average Bonchev–Trinajstić information content (AvgIpc) is 2.38. The zero-order valence-electron chi connectivity index (χ0n) is 8.46. The van der Waals surface area contributed by atoms with Crippen LogP contribution < -0.4 is 0 Å². The van der Waals surface area contributed by atoms with Crippen LogP contribution >= 0.6 is 0 Å². The summed E-state index contributed by atoms with van der Waals surface area (Å²) in [7, 11) is 0. The fourth-order valence-corrected chi connectivity index (χ4v) is 1.25. The Bertz CT molecular complexity index is 370. The fraction of sp³-hybridized carbons (Fsp3) is 0.273. The lowest BCUT2D eigenvalue weighted by atomic mass is 10.1. The van der Waals surface area contributed by atoms with E-state index >= 15 is 0 Å². The van der Waals surface area contributed by atoms with Crippen molar-refractivity contribution < 1.29 is 14.3 Å². The standard InChI is InChI=1S/C11H12O3/c1-4-5-6-9-11(13)10(7(2)12)8(3)14-9/h4-6H,1-3H3/b5-4-,9-6-. The number of carbonyl (C=O) groups excluding carboxylic acids is 2. The Morgan fingerprint density at radius 2 is 2.07 bits per heavy atom. The van der Waals surface area contributed by atoms with Crippen LogP contribution in [0.3, 0.4) is 0 Å². The predicted molar refractivity (Wildman–Crippen MR) is 52.4 cm³/mol. The van der Waals surface area contributed by atoms with Gasteiger partial charge >= 0.3 is 0 Å². The lowest BCUT2D eigenvalue weighted by Crippen LogP contribution is -2.07. The van der Waals surface area contributed by atoms with Crippen LogP contribution in [0.4, 0.5) is 0 Å². The van der Waals surface area contributed by atoms with E-state index < -0.39 is 0 Å². The molecule has 0 bridgehead atoms. The van der Waals surface area contributed by atoms with Crippen molar-refractivity contribution >= 4 is 11.6 Å². The maximum atomic E-state index is 11.6. The number of hydrogen-bond donors (Lipinski definition) is 0. The van der Waals surface area contributed by atoms with Crippen LogP contribution in [0.25, 0.3) is 0 Å². The predicted octanol–water partition coefficient (Wildman–Crippen LogP) is 1.91. The summed E-state index contributed by atoms with van der Waals surface area (Å²) in [4.78, 5) is 22.6. The Morgan fingerprint density at radius 3 is 2.50 bits per heavy atom. The average molecular weight is 192 g/mol. The molecule has 0 atom stereocenters. The molecular weight excluding hydrogens is 180 g/mol. The molecule has 0 fully saturated rings. The Hall–Kier alpha value is -1.64. The molecule has 0 aromatic heterocycles. The molecule has 1 aliphatic rings. The molecule has 0 aromatic rings. The van der Waals surface area contributed by atoms with Gasteiger partial charge in [-0.2, -0.15) is 0 Å². The van der Waals surface area contributed by atoms with Gasteiger partial charge in [0.15, 0.2) is 11.5 Å². The summed E-state index contributed by atoms with van der Waals surface area (Å²) in [6.45, 7) is 4.81. The zero-order valence-corrected chi connectivity index (χ0v) is 8.46. The summed E-state index contributed by atoms with van der Waals surface area (Å²) < 4.78 is 5.17. The van der Waals surface area contributed by atoms with Gasteiger partial charge in [-0.25, -0.2) is 0 Å². The number of ketones is 2. The first-order valence-electron chi connectivity index (χ1n) is 4.35. The van der Waals surface area contributed by atoms with Gasteiger partial charge in [0.25, 0.3) is 0 Å². The zero-order chi connectivity index (χ0) is 10.7. The van der Waals surface area contributed by atoms with Crippen molar-refractivity contribution in [2.75, 3.05) is 0 Å². The summed E-state index contributed by atoms with van der Waals surface area (Å²) in [5.74, 6) is 0.0218. The molecule has 3 heteroatoms. The highest BCUT2D eigenvalue weighted by molar-refractivity contribution is 6.26. The van der Waals surface area contributed by atoms with Gasteiger partial charge in [-0.15, -0.1) is 0 Å². The van der Waals surface area contributed by atoms with Gasteiger partial charge < -0.3 is 4.74 Å². The Morgan fingerprint density at radius 1 is 1.43 bits per heavy atom. The second kappa shape index (κ2) is 4.05. The molecule has 0 radical (unpaired) electrons. The first kappa shape index (κ1) is 10.4. The molecule has 0 unspecified atom stereocenters. The first-order valence-corrected chi connectivity index (χ1v) is 4.35. The van der Waals surface area contributed by atoms with Crippen molar-refractivity contribution in [1.29, 1.82) is 0 Å². The number of ether oxygens (including phenoxy) is 1. The van der Waals surface area contributed by atoms with Crippen LogP contribution in [0.15, 0.2) is 35.3 Å². The Labute approximate surface area is 82.8 Å². The second-order valence-corrected chi connectivity index (χ2v) is 2.98. The van der Waals surface area contributed by atoms with Crippen molar-refractivity contribution in [3.63, 3.8) is 0 Å². The third-order valence-corrected chi connectivity index (χ3v) is 1.86. The van der Waals surface area contributed by atoms with E-state index in [1.807, 2.05) is 6.92 Å². The number of rotatable bonds is 2. The van der Waals surface area contributed by atoms with Gasteiger partial charge in [0.05, 0.1) is 0 Å². The molecule has 1 aliphatic heterocycles. The molecule has 0 saturated carbocycles. The molecule has 0 amide bonds. The number of carbonyl (C=O) groups is 2. The summed E-state index contributed by atoms with van der Waals surface area (Å²) in [6, 6.07) is 0.